The molecule has 2 aliphatic rings. The number of amides is 2. The van der Waals surface area contributed by atoms with Crippen molar-refractivity contribution in [3.05, 3.63) is 34.2 Å². The number of pyridine rings is 1. The van der Waals surface area contributed by atoms with Crippen LogP contribution < -0.4 is 10.9 Å². The molecule has 2 bridgehead atoms. The molecule has 3 atom stereocenters. The number of rotatable bonds is 2. The SMILES string of the molecule is C[C@@H](NC(=O)N1C[C@H]2C[C@H](C1)c1cccc(=O)n1C2)C(=O)O. The normalized spacial score (nSPS) is 24.3. The van der Waals surface area contributed by atoms with Gasteiger partial charge in [-0.05, 0) is 25.3 Å². The third kappa shape index (κ3) is 2.58. The quantitative estimate of drug-likeness (QED) is 0.830. The molecule has 1 aromatic rings. The lowest BCUT2D eigenvalue weighted by atomic mass is 9.83. The zero-order chi connectivity index (χ0) is 15.9. The summed E-state index contributed by atoms with van der Waals surface area (Å²) in [5.74, 6) is -0.688. The van der Waals surface area contributed by atoms with Crippen molar-refractivity contribution in [3.8, 4) is 0 Å². The van der Waals surface area contributed by atoms with Crippen molar-refractivity contribution in [3.63, 3.8) is 0 Å². The van der Waals surface area contributed by atoms with Gasteiger partial charge in [0.1, 0.15) is 6.04 Å². The minimum absolute atomic E-state index is 0.00426. The molecule has 1 fully saturated rings. The van der Waals surface area contributed by atoms with Crippen LogP contribution in [0.15, 0.2) is 23.0 Å². The van der Waals surface area contributed by atoms with E-state index in [1.807, 2.05) is 6.07 Å². The Balaban J connectivity index is 1.77. The van der Waals surface area contributed by atoms with Crippen LogP contribution in [0.4, 0.5) is 4.79 Å². The molecule has 22 heavy (non-hydrogen) atoms. The van der Waals surface area contributed by atoms with Gasteiger partial charge in [-0.25, -0.2) is 4.79 Å². The second kappa shape index (κ2) is 5.47. The zero-order valence-electron chi connectivity index (χ0n) is 12.4. The average molecular weight is 305 g/mol. The van der Waals surface area contributed by atoms with E-state index >= 15 is 0 Å². The number of hydrogen-bond donors (Lipinski definition) is 2. The number of nitrogens with one attached hydrogen (secondary N) is 1. The van der Waals surface area contributed by atoms with Crippen LogP contribution in [0.25, 0.3) is 0 Å². The van der Waals surface area contributed by atoms with Crippen LogP contribution in [-0.2, 0) is 11.3 Å². The highest BCUT2D eigenvalue weighted by atomic mass is 16.4. The fourth-order valence-electron chi connectivity index (χ4n) is 3.40. The first-order valence-corrected chi connectivity index (χ1v) is 7.43. The molecular formula is C15H19N3O4. The number of hydrogen-bond acceptors (Lipinski definition) is 3. The Bertz CT molecular complexity index is 669. The highest BCUT2D eigenvalue weighted by Crippen LogP contribution is 2.34. The number of aromatic nitrogens is 1. The van der Waals surface area contributed by atoms with E-state index in [-0.39, 0.29) is 23.4 Å². The molecule has 118 valence electrons. The maximum atomic E-state index is 12.2. The molecule has 1 aromatic heterocycles. The molecule has 0 radical (unpaired) electrons. The number of piperidine rings is 1. The molecule has 7 heteroatoms. The number of urea groups is 1. The number of likely N-dealkylation sites (tertiary alicyclic amines) is 1. The smallest absolute Gasteiger partial charge is 0.325 e. The molecule has 2 amide bonds. The van der Waals surface area contributed by atoms with Crippen LogP contribution >= 0.6 is 0 Å². The number of carbonyl (C=O) groups excluding carboxylic acids is 1. The van der Waals surface area contributed by atoms with Gasteiger partial charge in [-0.2, -0.15) is 0 Å². The second-order valence-corrected chi connectivity index (χ2v) is 6.11. The van der Waals surface area contributed by atoms with E-state index in [0.717, 1.165) is 12.1 Å². The Kier molecular flexibility index (Phi) is 3.64. The summed E-state index contributed by atoms with van der Waals surface area (Å²) in [5, 5.41) is 11.4. The summed E-state index contributed by atoms with van der Waals surface area (Å²) in [4.78, 5) is 36.7. The Morgan fingerprint density at radius 1 is 1.32 bits per heavy atom. The summed E-state index contributed by atoms with van der Waals surface area (Å²) in [7, 11) is 0. The lowest BCUT2D eigenvalue weighted by Gasteiger charge is -2.42. The van der Waals surface area contributed by atoms with Gasteiger partial charge >= 0.3 is 12.0 Å². The van der Waals surface area contributed by atoms with Gasteiger partial charge in [-0.3, -0.25) is 9.59 Å². The number of nitrogens with zero attached hydrogens (tertiary/aromatic N) is 2. The first kappa shape index (κ1) is 14.6. The van der Waals surface area contributed by atoms with Crippen LogP contribution in [0.5, 0.6) is 0 Å². The number of carboxylic acid groups (broad SMARTS) is 1. The van der Waals surface area contributed by atoms with Crippen molar-refractivity contribution >= 4 is 12.0 Å². The van der Waals surface area contributed by atoms with E-state index < -0.39 is 12.0 Å². The average Bonchev–Trinajstić information content (AvgIpc) is 2.48. The van der Waals surface area contributed by atoms with Gasteiger partial charge in [0.05, 0.1) is 0 Å². The number of carboxylic acids is 1. The van der Waals surface area contributed by atoms with Gasteiger partial charge in [-0.15, -0.1) is 0 Å². The lowest BCUT2D eigenvalue weighted by molar-refractivity contribution is -0.138. The van der Waals surface area contributed by atoms with Gasteiger partial charge in [0.2, 0.25) is 0 Å². The first-order valence-electron chi connectivity index (χ1n) is 7.43. The molecule has 7 nitrogen and oxygen atoms in total. The fourth-order valence-corrected chi connectivity index (χ4v) is 3.40. The second-order valence-electron chi connectivity index (χ2n) is 6.11. The molecule has 3 heterocycles. The minimum atomic E-state index is -1.05. The molecule has 2 N–H and O–H groups in total. The van der Waals surface area contributed by atoms with Crippen molar-refractivity contribution in [2.24, 2.45) is 5.92 Å². The first-order chi connectivity index (χ1) is 10.5. The Morgan fingerprint density at radius 3 is 2.82 bits per heavy atom. The zero-order valence-corrected chi connectivity index (χ0v) is 12.4. The van der Waals surface area contributed by atoms with Crippen molar-refractivity contribution in [1.29, 1.82) is 0 Å². The number of carbonyl (C=O) groups is 2. The Labute approximate surface area is 127 Å². The predicted octanol–water partition coefficient (Wildman–Crippen LogP) is 0.450. The van der Waals surface area contributed by atoms with Crippen LogP contribution in [0.3, 0.4) is 0 Å². The molecule has 1 saturated heterocycles. The van der Waals surface area contributed by atoms with Crippen molar-refractivity contribution in [2.45, 2.75) is 31.8 Å². The minimum Gasteiger partial charge on any atom is -0.480 e. The van der Waals surface area contributed by atoms with Crippen LogP contribution in [0.1, 0.15) is 25.0 Å². The van der Waals surface area contributed by atoms with E-state index in [1.165, 1.54) is 6.92 Å². The number of fused-ring (bicyclic) bond motifs is 4. The van der Waals surface area contributed by atoms with Gasteiger partial charge < -0.3 is 19.9 Å². The van der Waals surface area contributed by atoms with Crippen molar-refractivity contribution in [1.82, 2.24) is 14.8 Å². The standard InChI is InChI=1S/C15H19N3O4/c1-9(14(20)21)16-15(22)17-6-10-5-11(8-17)12-3-2-4-13(19)18(12)7-10/h2-4,9-11H,5-8H2,1H3,(H,16,22)(H,20,21)/t9-,10-,11-/m1/s1. The summed E-state index contributed by atoms with van der Waals surface area (Å²) in [6.07, 6.45) is 0.960. The molecule has 2 aliphatic heterocycles. The monoisotopic (exact) mass is 305 g/mol. The third-order valence-electron chi connectivity index (χ3n) is 4.48. The molecule has 3 rings (SSSR count). The van der Waals surface area contributed by atoms with Gasteiger partial charge in [0, 0.05) is 37.3 Å². The lowest BCUT2D eigenvalue weighted by Crippen LogP contribution is -2.54. The van der Waals surface area contributed by atoms with E-state index in [2.05, 4.69) is 5.32 Å². The van der Waals surface area contributed by atoms with Gasteiger partial charge in [0.15, 0.2) is 0 Å². The predicted molar refractivity (Wildman–Crippen MR) is 78.8 cm³/mol. The van der Waals surface area contributed by atoms with Crippen LogP contribution in [-0.4, -0.2) is 45.7 Å². The third-order valence-corrected chi connectivity index (χ3v) is 4.48. The largest absolute Gasteiger partial charge is 0.480 e. The maximum Gasteiger partial charge on any atom is 0.325 e. The summed E-state index contributed by atoms with van der Waals surface area (Å²) in [5.41, 5.74) is 0.970. The summed E-state index contributed by atoms with van der Waals surface area (Å²) < 4.78 is 1.80. The molecule has 0 aliphatic carbocycles. The molecular weight excluding hydrogens is 286 g/mol. The topological polar surface area (TPSA) is 91.6 Å². The molecule has 0 saturated carbocycles. The highest BCUT2D eigenvalue weighted by molar-refractivity contribution is 5.82. The fraction of sp³-hybridized carbons (Fsp3) is 0.533. The molecule has 0 unspecified atom stereocenters. The van der Waals surface area contributed by atoms with Gasteiger partial charge in [-0.1, -0.05) is 6.07 Å². The van der Waals surface area contributed by atoms with Crippen LogP contribution in [0, 0.1) is 5.92 Å². The Morgan fingerprint density at radius 2 is 2.09 bits per heavy atom. The molecule has 0 aromatic carbocycles. The van der Waals surface area contributed by atoms with Crippen LogP contribution in [0.2, 0.25) is 0 Å². The van der Waals surface area contributed by atoms with E-state index in [4.69, 9.17) is 5.11 Å². The summed E-state index contributed by atoms with van der Waals surface area (Å²) >= 11 is 0. The van der Waals surface area contributed by atoms with Crippen molar-refractivity contribution < 1.29 is 14.7 Å². The van der Waals surface area contributed by atoms with E-state index in [0.29, 0.717) is 19.6 Å². The van der Waals surface area contributed by atoms with E-state index in [9.17, 15) is 14.4 Å². The summed E-state index contributed by atoms with van der Waals surface area (Å²) in [6.45, 7) is 3.12. The van der Waals surface area contributed by atoms with E-state index in [1.54, 1.807) is 21.6 Å². The Hall–Kier alpha value is -2.31. The number of aliphatic carboxylic acids is 1. The van der Waals surface area contributed by atoms with Crippen molar-refractivity contribution in [2.75, 3.05) is 13.1 Å². The van der Waals surface area contributed by atoms with Gasteiger partial charge in [0.25, 0.3) is 5.56 Å². The highest BCUT2D eigenvalue weighted by Gasteiger charge is 2.36. The molecule has 0 spiro atoms. The summed E-state index contributed by atoms with van der Waals surface area (Å²) in [6, 6.07) is 3.98. The maximum absolute atomic E-state index is 12.2.